The molecule has 3 fully saturated rings. The fourth-order valence-electron chi connectivity index (χ4n) is 4.76. The Labute approximate surface area is 137 Å². The Kier molecular flexibility index (Phi) is 3.69. The van der Waals surface area contributed by atoms with E-state index in [0.29, 0.717) is 11.0 Å². The van der Waals surface area contributed by atoms with Crippen LogP contribution in [0.15, 0.2) is 0 Å². The number of carbonyl (C=O) groups excluding carboxylic acids is 2. The second-order valence-electron chi connectivity index (χ2n) is 8.10. The summed E-state index contributed by atoms with van der Waals surface area (Å²) < 4.78 is 30.1. The van der Waals surface area contributed by atoms with Crippen molar-refractivity contribution < 1.29 is 22.3 Å². The first-order chi connectivity index (χ1) is 10.5. The monoisotopic (exact) mass is 343 g/mol. The van der Waals surface area contributed by atoms with Crippen LogP contribution in [0.25, 0.3) is 0 Å². The average Bonchev–Trinajstić information content (AvgIpc) is 2.91. The first kappa shape index (κ1) is 16.9. The van der Waals surface area contributed by atoms with Gasteiger partial charge in [-0.05, 0) is 42.4 Å². The molecule has 3 rings (SSSR count). The molecule has 2 unspecified atom stereocenters. The lowest BCUT2D eigenvalue weighted by molar-refractivity contribution is -0.165. The summed E-state index contributed by atoms with van der Waals surface area (Å²) >= 11 is 0. The number of carbonyl (C=O) groups is 2. The van der Waals surface area contributed by atoms with Gasteiger partial charge in [-0.15, -0.1) is 9.35 Å². The Hall–Kier alpha value is -0.950. The van der Waals surface area contributed by atoms with Gasteiger partial charge in [-0.3, -0.25) is 9.59 Å². The summed E-state index contributed by atoms with van der Waals surface area (Å²) in [6.07, 6.45) is 3.81. The molecule has 1 heterocycles. The van der Waals surface area contributed by atoms with E-state index >= 15 is 0 Å². The van der Waals surface area contributed by atoms with E-state index in [-0.39, 0.29) is 16.6 Å². The van der Waals surface area contributed by atoms with Crippen LogP contribution in [-0.2, 0) is 24.0 Å². The molecule has 0 aromatic rings. The minimum Gasteiger partial charge on any atom is -0.272 e. The predicted octanol–water partition coefficient (Wildman–Crippen LogP) is 2.11. The number of hydrogen-bond donors (Lipinski definition) is 0. The third kappa shape index (κ3) is 2.35. The lowest BCUT2D eigenvalue weighted by Gasteiger charge is -2.37. The second kappa shape index (κ2) is 5.02. The molecular weight excluding hydrogens is 318 g/mol. The van der Waals surface area contributed by atoms with E-state index in [2.05, 4.69) is 13.8 Å². The number of fused-ring (bicyclic) bond motifs is 2. The van der Waals surface area contributed by atoms with E-state index in [0.717, 1.165) is 25.7 Å². The molecule has 2 amide bonds. The molecule has 2 aliphatic carbocycles. The van der Waals surface area contributed by atoms with Crippen molar-refractivity contribution in [3.8, 4) is 0 Å². The molecule has 0 radical (unpaired) electrons. The number of nitrogens with zero attached hydrogens (tertiary/aromatic N) is 1. The lowest BCUT2D eigenvalue weighted by atomic mass is 9.71. The summed E-state index contributed by atoms with van der Waals surface area (Å²) in [6.45, 7) is 7.48. The van der Waals surface area contributed by atoms with Crippen molar-refractivity contribution in [3.63, 3.8) is 0 Å². The van der Waals surface area contributed by atoms with Crippen LogP contribution in [-0.4, -0.2) is 31.0 Å². The van der Waals surface area contributed by atoms with E-state index in [1.807, 2.05) is 0 Å². The highest BCUT2D eigenvalue weighted by molar-refractivity contribution is 7.86. The van der Waals surface area contributed by atoms with Gasteiger partial charge in [0.15, 0.2) is 0 Å². The zero-order valence-corrected chi connectivity index (χ0v) is 15.0. The van der Waals surface area contributed by atoms with Crippen LogP contribution in [0.1, 0.15) is 53.4 Å². The van der Waals surface area contributed by atoms with E-state index in [1.54, 1.807) is 13.8 Å². The van der Waals surface area contributed by atoms with Crippen LogP contribution in [0.2, 0.25) is 0 Å². The highest BCUT2D eigenvalue weighted by atomic mass is 32.2. The summed E-state index contributed by atoms with van der Waals surface area (Å²) in [6, 6.07) is 0. The molecule has 0 N–H and O–H groups in total. The number of hydrogen-bond acceptors (Lipinski definition) is 5. The molecule has 2 saturated carbocycles. The zero-order chi connectivity index (χ0) is 17.2. The zero-order valence-electron chi connectivity index (χ0n) is 14.2. The molecule has 0 aromatic heterocycles. The normalized spacial score (nSPS) is 39.5. The molecule has 23 heavy (non-hydrogen) atoms. The van der Waals surface area contributed by atoms with Gasteiger partial charge in [-0.25, -0.2) is 0 Å². The number of imide groups is 1. The number of rotatable bonds is 4. The van der Waals surface area contributed by atoms with Gasteiger partial charge in [0, 0.05) is 11.8 Å². The van der Waals surface area contributed by atoms with Crippen molar-refractivity contribution in [1.82, 2.24) is 5.06 Å². The molecule has 2 bridgehead atoms. The van der Waals surface area contributed by atoms with E-state index in [1.165, 1.54) is 0 Å². The quantitative estimate of drug-likeness (QED) is 0.730. The van der Waals surface area contributed by atoms with Gasteiger partial charge in [0.1, 0.15) is 0 Å². The molecule has 0 spiro atoms. The fraction of sp³-hybridized carbons (Fsp3) is 0.875. The second-order valence-corrected chi connectivity index (χ2v) is 9.65. The van der Waals surface area contributed by atoms with Gasteiger partial charge in [0.25, 0.3) is 21.9 Å². The van der Waals surface area contributed by atoms with Gasteiger partial charge < -0.3 is 0 Å². The van der Waals surface area contributed by atoms with Crippen LogP contribution >= 0.6 is 0 Å². The van der Waals surface area contributed by atoms with E-state index in [4.69, 9.17) is 4.28 Å². The Morgan fingerprint density at radius 1 is 1.09 bits per heavy atom. The van der Waals surface area contributed by atoms with Crippen molar-refractivity contribution in [3.05, 3.63) is 0 Å². The van der Waals surface area contributed by atoms with Gasteiger partial charge in [-0.2, -0.15) is 8.42 Å². The van der Waals surface area contributed by atoms with E-state index < -0.39 is 33.8 Å². The van der Waals surface area contributed by atoms with Crippen LogP contribution < -0.4 is 0 Å². The Morgan fingerprint density at radius 3 is 1.96 bits per heavy atom. The third-order valence-corrected chi connectivity index (χ3v) is 8.18. The van der Waals surface area contributed by atoms with Crippen molar-refractivity contribution >= 4 is 21.9 Å². The van der Waals surface area contributed by atoms with Gasteiger partial charge in [0.2, 0.25) is 0 Å². The van der Waals surface area contributed by atoms with Gasteiger partial charge in [-0.1, -0.05) is 27.7 Å². The minimum absolute atomic E-state index is 0.0525. The highest BCUT2D eigenvalue weighted by Gasteiger charge is 2.60. The third-order valence-electron chi connectivity index (χ3n) is 6.90. The molecule has 0 aromatic carbocycles. The predicted molar refractivity (Wildman–Crippen MR) is 83.2 cm³/mol. The van der Waals surface area contributed by atoms with Crippen molar-refractivity contribution in [1.29, 1.82) is 0 Å². The smallest absolute Gasteiger partial charge is 0.272 e. The first-order valence-electron chi connectivity index (χ1n) is 8.31. The van der Waals surface area contributed by atoms with Crippen molar-refractivity contribution in [2.24, 2.45) is 28.6 Å². The Balaban J connectivity index is 1.79. The standard InChI is InChI=1S/C16H25NO5S/c1-10-11(2)14(19)17(13(10)18)22-23(20,21)9-16-7-5-12(6-8-16)15(16,3)4/h10-12H,5-9H2,1-4H3. The van der Waals surface area contributed by atoms with Gasteiger partial charge >= 0.3 is 0 Å². The maximum Gasteiger partial charge on any atom is 0.289 e. The Morgan fingerprint density at radius 2 is 1.57 bits per heavy atom. The summed E-state index contributed by atoms with van der Waals surface area (Å²) in [7, 11) is -3.99. The molecule has 130 valence electrons. The summed E-state index contributed by atoms with van der Waals surface area (Å²) in [5.74, 6) is -1.81. The van der Waals surface area contributed by atoms with E-state index in [9.17, 15) is 18.0 Å². The van der Waals surface area contributed by atoms with Crippen LogP contribution in [0.4, 0.5) is 0 Å². The molecular formula is C16H25NO5S. The topological polar surface area (TPSA) is 80.8 Å². The number of hydroxylamine groups is 2. The average molecular weight is 343 g/mol. The maximum atomic E-state index is 12.5. The van der Waals surface area contributed by atoms with Crippen LogP contribution in [0.3, 0.4) is 0 Å². The summed E-state index contributed by atoms with van der Waals surface area (Å²) in [5, 5.41) is 0.468. The molecule has 1 saturated heterocycles. The first-order valence-corrected chi connectivity index (χ1v) is 9.89. The van der Waals surface area contributed by atoms with Gasteiger partial charge in [0.05, 0.1) is 5.75 Å². The van der Waals surface area contributed by atoms with Crippen molar-refractivity contribution in [2.45, 2.75) is 53.4 Å². The Bertz CT molecular complexity index is 625. The molecule has 3 aliphatic rings. The van der Waals surface area contributed by atoms with Crippen molar-refractivity contribution in [2.75, 3.05) is 5.75 Å². The molecule has 6 nitrogen and oxygen atoms in total. The molecule has 2 atom stereocenters. The van der Waals surface area contributed by atoms with Crippen LogP contribution in [0.5, 0.6) is 0 Å². The minimum atomic E-state index is -3.99. The van der Waals surface area contributed by atoms with Crippen LogP contribution in [0, 0.1) is 28.6 Å². The fourth-order valence-corrected chi connectivity index (χ4v) is 6.52. The lowest BCUT2D eigenvalue weighted by Crippen LogP contribution is -2.41. The SMILES string of the molecule is CC1C(=O)N(OS(=O)(=O)CC23CCC(CC2)C3(C)C)C(=O)C1C. The largest absolute Gasteiger partial charge is 0.289 e. The summed E-state index contributed by atoms with van der Waals surface area (Å²) in [4.78, 5) is 24.1. The molecule has 1 aliphatic heterocycles. The highest BCUT2D eigenvalue weighted by Crippen LogP contribution is 2.66. The molecule has 7 heteroatoms. The maximum absolute atomic E-state index is 12.5. The summed E-state index contributed by atoms with van der Waals surface area (Å²) in [5.41, 5.74) is -0.359. The number of amides is 2.